The van der Waals surface area contributed by atoms with E-state index in [1.165, 1.54) is 0 Å². The quantitative estimate of drug-likeness (QED) is 0.862. The van der Waals surface area contributed by atoms with Gasteiger partial charge in [0, 0.05) is 19.3 Å². The van der Waals surface area contributed by atoms with Gasteiger partial charge in [0.2, 0.25) is 0 Å². The minimum Gasteiger partial charge on any atom is -0.340 e. The van der Waals surface area contributed by atoms with Crippen molar-refractivity contribution in [3.8, 4) is 6.07 Å². The van der Waals surface area contributed by atoms with Crippen LogP contribution in [0, 0.1) is 18.3 Å². The van der Waals surface area contributed by atoms with E-state index in [4.69, 9.17) is 5.26 Å². The molecule has 0 saturated heterocycles. The van der Waals surface area contributed by atoms with Crippen LogP contribution in [0.2, 0.25) is 0 Å². The van der Waals surface area contributed by atoms with Gasteiger partial charge >= 0.3 is 6.18 Å². The molecule has 0 aromatic carbocycles. The lowest BCUT2D eigenvalue weighted by molar-refractivity contribution is -0.125. The Labute approximate surface area is 91.5 Å². The van der Waals surface area contributed by atoms with Crippen LogP contribution in [0.15, 0.2) is 6.07 Å². The average molecular weight is 231 g/mol. The van der Waals surface area contributed by atoms with Crippen LogP contribution >= 0.6 is 0 Å². The van der Waals surface area contributed by atoms with Gasteiger partial charge in [-0.05, 0) is 18.6 Å². The molecule has 0 aliphatic carbocycles. The van der Waals surface area contributed by atoms with Crippen molar-refractivity contribution in [2.45, 2.75) is 19.6 Å². The molecule has 1 heterocycles. The van der Waals surface area contributed by atoms with Crippen LogP contribution in [0.1, 0.15) is 17.0 Å². The zero-order valence-corrected chi connectivity index (χ0v) is 9.02. The predicted molar refractivity (Wildman–Crippen MR) is 52.6 cm³/mol. The van der Waals surface area contributed by atoms with Crippen molar-refractivity contribution in [1.29, 1.82) is 5.26 Å². The first-order valence-electron chi connectivity index (χ1n) is 4.68. The third-order valence-electron chi connectivity index (χ3n) is 2.40. The summed E-state index contributed by atoms with van der Waals surface area (Å²) in [6.07, 6.45) is -4.21. The summed E-state index contributed by atoms with van der Waals surface area (Å²) in [6, 6.07) is 3.57. The molecule has 1 aromatic rings. The van der Waals surface area contributed by atoms with E-state index in [1.54, 1.807) is 24.6 Å². The molecule has 0 fully saturated rings. The number of nitrogens with zero attached hydrogens (tertiary/aromatic N) is 2. The van der Waals surface area contributed by atoms with Gasteiger partial charge < -0.3 is 9.88 Å². The second kappa shape index (κ2) is 4.58. The van der Waals surface area contributed by atoms with Gasteiger partial charge in [0.25, 0.3) is 0 Å². The Morgan fingerprint density at radius 2 is 2.12 bits per heavy atom. The number of hydrogen-bond acceptors (Lipinski definition) is 2. The summed E-state index contributed by atoms with van der Waals surface area (Å²) in [5.41, 5.74) is 1.95. The molecule has 0 spiro atoms. The lowest BCUT2D eigenvalue weighted by atomic mass is 10.2. The van der Waals surface area contributed by atoms with Gasteiger partial charge in [0.05, 0.1) is 6.54 Å². The van der Waals surface area contributed by atoms with Gasteiger partial charge in [-0.1, -0.05) is 0 Å². The van der Waals surface area contributed by atoms with Crippen molar-refractivity contribution < 1.29 is 13.2 Å². The van der Waals surface area contributed by atoms with Crippen molar-refractivity contribution >= 4 is 0 Å². The van der Waals surface area contributed by atoms with Crippen LogP contribution in [0.4, 0.5) is 13.2 Å². The second-order valence-electron chi connectivity index (χ2n) is 3.53. The highest BCUT2D eigenvalue weighted by Gasteiger charge is 2.26. The summed E-state index contributed by atoms with van der Waals surface area (Å²) in [7, 11) is 1.71. The molecule has 0 aliphatic heterocycles. The third kappa shape index (κ3) is 3.00. The van der Waals surface area contributed by atoms with E-state index in [0.29, 0.717) is 11.3 Å². The Bertz CT molecular complexity index is 412. The van der Waals surface area contributed by atoms with Gasteiger partial charge in [0.15, 0.2) is 0 Å². The van der Waals surface area contributed by atoms with Crippen LogP contribution in [-0.2, 0) is 13.6 Å². The number of hydrogen-bond donors (Lipinski definition) is 1. The summed E-state index contributed by atoms with van der Waals surface area (Å²) in [5.74, 6) is 0. The normalized spacial score (nSPS) is 11.5. The van der Waals surface area contributed by atoms with Crippen molar-refractivity contribution in [3.05, 3.63) is 23.0 Å². The molecule has 0 saturated carbocycles. The van der Waals surface area contributed by atoms with Crippen molar-refractivity contribution in [3.63, 3.8) is 0 Å². The topological polar surface area (TPSA) is 40.8 Å². The first-order chi connectivity index (χ1) is 7.35. The molecule has 0 unspecified atom stereocenters. The first kappa shape index (κ1) is 12.6. The fraction of sp³-hybridized carbons (Fsp3) is 0.500. The van der Waals surface area contributed by atoms with Gasteiger partial charge in [-0.2, -0.15) is 18.4 Å². The van der Waals surface area contributed by atoms with Crippen molar-refractivity contribution in [2.24, 2.45) is 7.05 Å². The monoisotopic (exact) mass is 231 g/mol. The molecule has 1 rings (SSSR count). The highest BCUT2D eigenvalue weighted by Crippen LogP contribution is 2.15. The summed E-state index contributed by atoms with van der Waals surface area (Å²) < 4.78 is 37.3. The van der Waals surface area contributed by atoms with E-state index in [9.17, 15) is 13.2 Å². The highest BCUT2D eigenvalue weighted by atomic mass is 19.4. The fourth-order valence-electron chi connectivity index (χ4n) is 1.39. The number of aromatic nitrogens is 1. The average Bonchev–Trinajstić information content (AvgIpc) is 2.44. The molecule has 0 aliphatic rings. The van der Waals surface area contributed by atoms with E-state index in [2.05, 4.69) is 5.32 Å². The van der Waals surface area contributed by atoms with E-state index < -0.39 is 12.7 Å². The molecule has 1 N–H and O–H groups in total. The number of halogens is 3. The second-order valence-corrected chi connectivity index (χ2v) is 3.53. The largest absolute Gasteiger partial charge is 0.401 e. The zero-order valence-electron chi connectivity index (χ0n) is 9.02. The molecule has 16 heavy (non-hydrogen) atoms. The van der Waals surface area contributed by atoms with E-state index in [0.717, 1.165) is 5.69 Å². The van der Waals surface area contributed by atoms with Crippen LogP contribution < -0.4 is 5.32 Å². The maximum atomic E-state index is 11.9. The molecular formula is C10H12F3N3. The molecular weight excluding hydrogens is 219 g/mol. The maximum Gasteiger partial charge on any atom is 0.401 e. The van der Waals surface area contributed by atoms with Gasteiger partial charge in [-0.15, -0.1) is 0 Å². The van der Waals surface area contributed by atoms with E-state index in [1.807, 2.05) is 6.07 Å². The van der Waals surface area contributed by atoms with E-state index in [-0.39, 0.29) is 6.54 Å². The number of rotatable bonds is 3. The van der Waals surface area contributed by atoms with Gasteiger partial charge in [-0.3, -0.25) is 0 Å². The van der Waals surface area contributed by atoms with Crippen molar-refractivity contribution in [1.82, 2.24) is 9.88 Å². The number of alkyl halides is 3. The molecule has 3 nitrogen and oxygen atoms in total. The smallest absolute Gasteiger partial charge is 0.340 e. The van der Waals surface area contributed by atoms with Crippen LogP contribution in [0.5, 0.6) is 0 Å². The van der Waals surface area contributed by atoms with Crippen molar-refractivity contribution in [2.75, 3.05) is 6.54 Å². The Morgan fingerprint density at radius 1 is 1.50 bits per heavy atom. The van der Waals surface area contributed by atoms with E-state index >= 15 is 0 Å². The minimum absolute atomic E-state index is 0.112. The molecule has 0 bridgehead atoms. The Morgan fingerprint density at radius 3 is 2.56 bits per heavy atom. The Kier molecular flexibility index (Phi) is 3.60. The summed E-state index contributed by atoms with van der Waals surface area (Å²) in [5, 5.41) is 11.0. The molecule has 1 aromatic heterocycles. The first-order valence-corrected chi connectivity index (χ1v) is 4.68. The van der Waals surface area contributed by atoms with Crippen LogP contribution in [0.25, 0.3) is 0 Å². The van der Waals surface area contributed by atoms with Crippen LogP contribution in [0.3, 0.4) is 0 Å². The summed E-state index contributed by atoms with van der Waals surface area (Å²) in [4.78, 5) is 0. The molecule has 0 atom stereocenters. The summed E-state index contributed by atoms with van der Waals surface area (Å²) >= 11 is 0. The SMILES string of the molecule is Cc1c(CNCC(F)(F)F)cc(C#N)n1C. The zero-order chi connectivity index (χ0) is 12.3. The number of nitriles is 1. The minimum atomic E-state index is -4.21. The summed E-state index contributed by atoms with van der Waals surface area (Å²) in [6.45, 7) is 0.857. The lowest BCUT2D eigenvalue weighted by Gasteiger charge is -2.08. The third-order valence-corrected chi connectivity index (χ3v) is 2.40. The van der Waals surface area contributed by atoms with Crippen LogP contribution in [-0.4, -0.2) is 17.3 Å². The Balaban J connectivity index is 2.66. The molecule has 0 radical (unpaired) electrons. The van der Waals surface area contributed by atoms with Gasteiger partial charge in [0.1, 0.15) is 11.8 Å². The maximum absolute atomic E-state index is 11.9. The standard InChI is InChI=1S/C10H12F3N3/c1-7-8(3-9(4-14)16(7)2)5-15-6-10(11,12)13/h3,15H,5-6H2,1-2H3. The Hall–Kier alpha value is -1.48. The highest BCUT2D eigenvalue weighted by molar-refractivity contribution is 5.33. The number of nitrogens with one attached hydrogen (secondary N) is 1. The molecule has 0 amide bonds. The van der Waals surface area contributed by atoms with Gasteiger partial charge in [-0.25, -0.2) is 0 Å². The molecule has 88 valence electrons. The lowest BCUT2D eigenvalue weighted by Crippen LogP contribution is -2.28. The molecule has 6 heteroatoms. The predicted octanol–water partition coefficient (Wildman–Crippen LogP) is 1.86. The fourth-order valence-corrected chi connectivity index (χ4v) is 1.39.